The highest BCUT2D eigenvalue weighted by Crippen LogP contribution is 2.34. The Labute approximate surface area is 185 Å². The third kappa shape index (κ3) is 4.71. The summed E-state index contributed by atoms with van der Waals surface area (Å²) in [6.45, 7) is 0.260. The maximum Gasteiger partial charge on any atom is 0.257 e. The van der Waals surface area contributed by atoms with Crippen LogP contribution in [0, 0.1) is 11.3 Å². The van der Waals surface area contributed by atoms with Crippen LogP contribution >= 0.6 is 11.6 Å². The summed E-state index contributed by atoms with van der Waals surface area (Å²) in [6, 6.07) is 24.4. The van der Waals surface area contributed by atoms with Crippen LogP contribution in [-0.2, 0) is 4.79 Å². The summed E-state index contributed by atoms with van der Waals surface area (Å²) < 4.78 is 5.54. The molecule has 3 aromatic carbocycles. The molecule has 31 heavy (non-hydrogen) atoms. The SMILES string of the molecule is N#Cc1ccc(OCC(=O)NC[C@H](c2ccccc2Cl)c2c[nH]c3ccccc23)cc1. The molecule has 0 aliphatic heterocycles. The van der Waals surface area contributed by atoms with Gasteiger partial charge in [-0.2, -0.15) is 5.26 Å². The van der Waals surface area contributed by atoms with Crippen molar-refractivity contribution in [3.05, 3.63) is 101 Å². The lowest BCUT2D eigenvalue weighted by molar-refractivity contribution is -0.123. The number of hydrogen-bond donors (Lipinski definition) is 2. The Morgan fingerprint density at radius 3 is 2.55 bits per heavy atom. The second-order valence-corrected chi connectivity index (χ2v) is 7.50. The van der Waals surface area contributed by atoms with E-state index >= 15 is 0 Å². The van der Waals surface area contributed by atoms with Gasteiger partial charge in [0.2, 0.25) is 0 Å². The fourth-order valence-electron chi connectivity index (χ4n) is 3.57. The molecule has 4 rings (SSSR count). The Hall–Kier alpha value is -3.75. The van der Waals surface area contributed by atoms with Crippen LogP contribution in [0.3, 0.4) is 0 Å². The molecule has 4 aromatic rings. The first-order valence-corrected chi connectivity index (χ1v) is 10.2. The summed E-state index contributed by atoms with van der Waals surface area (Å²) in [6.07, 6.45) is 1.97. The molecule has 1 heterocycles. The zero-order valence-corrected chi connectivity index (χ0v) is 17.4. The van der Waals surface area contributed by atoms with Crippen LogP contribution in [0.2, 0.25) is 5.02 Å². The van der Waals surface area contributed by atoms with E-state index in [0.29, 0.717) is 22.9 Å². The molecule has 5 nitrogen and oxygen atoms in total. The van der Waals surface area contributed by atoms with E-state index < -0.39 is 0 Å². The van der Waals surface area contributed by atoms with Gasteiger partial charge in [0.15, 0.2) is 6.61 Å². The summed E-state index contributed by atoms with van der Waals surface area (Å²) in [5.41, 5.74) is 3.59. The summed E-state index contributed by atoms with van der Waals surface area (Å²) in [4.78, 5) is 15.8. The average Bonchev–Trinajstić information content (AvgIpc) is 3.23. The number of fused-ring (bicyclic) bond motifs is 1. The lowest BCUT2D eigenvalue weighted by Crippen LogP contribution is -2.32. The van der Waals surface area contributed by atoms with Gasteiger partial charge < -0.3 is 15.0 Å². The van der Waals surface area contributed by atoms with Crippen molar-refractivity contribution < 1.29 is 9.53 Å². The number of halogens is 1. The molecule has 1 amide bonds. The minimum Gasteiger partial charge on any atom is -0.484 e. The summed E-state index contributed by atoms with van der Waals surface area (Å²) >= 11 is 6.50. The highest BCUT2D eigenvalue weighted by atomic mass is 35.5. The highest BCUT2D eigenvalue weighted by Gasteiger charge is 2.21. The topological polar surface area (TPSA) is 77.9 Å². The van der Waals surface area contributed by atoms with Crippen LogP contribution in [0.5, 0.6) is 5.75 Å². The number of rotatable bonds is 7. The van der Waals surface area contributed by atoms with Crippen LogP contribution in [0.1, 0.15) is 22.6 Å². The Morgan fingerprint density at radius 2 is 1.77 bits per heavy atom. The third-order valence-electron chi connectivity index (χ3n) is 5.13. The van der Waals surface area contributed by atoms with Crippen molar-refractivity contribution in [1.29, 1.82) is 5.26 Å². The number of nitriles is 1. The molecule has 0 saturated heterocycles. The summed E-state index contributed by atoms with van der Waals surface area (Å²) in [5.74, 6) is 0.179. The monoisotopic (exact) mass is 429 g/mol. The molecule has 1 atom stereocenters. The van der Waals surface area contributed by atoms with E-state index in [1.54, 1.807) is 24.3 Å². The zero-order chi connectivity index (χ0) is 21.6. The maximum absolute atomic E-state index is 12.5. The molecule has 2 N–H and O–H groups in total. The molecule has 0 aliphatic carbocycles. The summed E-state index contributed by atoms with van der Waals surface area (Å²) in [7, 11) is 0. The van der Waals surface area contributed by atoms with E-state index in [9.17, 15) is 4.79 Å². The molecule has 1 aromatic heterocycles. The number of H-pyrrole nitrogens is 1. The van der Waals surface area contributed by atoms with E-state index in [0.717, 1.165) is 22.0 Å². The van der Waals surface area contributed by atoms with Gasteiger partial charge in [-0.3, -0.25) is 4.79 Å². The molecule has 0 fully saturated rings. The molecular formula is C25H20ClN3O2. The predicted molar refractivity (Wildman–Crippen MR) is 121 cm³/mol. The van der Waals surface area contributed by atoms with Gasteiger partial charge in [-0.1, -0.05) is 48.0 Å². The second kappa shape index (κ2) is 9.38. The minimum absolute atomic E-state index is 0.116. The smallest absolute Gasteiger partial charge is 0.257 e. The number of ether oxygens (including phenoxy) is 1. The number of aromatic amines is 1. The minimum atomic E-state index is -0.235. The van der Waals surface area contributed by atoms with Crippen LogP contribution in [0.15, 0.2) is 79.0 Å². The standard InChI is InChI=1S/C25H20ClN3O2/c26-23-7-3-1-5-19(23)21(22-14-28-24-8-4-2-6-20(22)24)15-29-25(30)16-31-18-11-9-17(13-27)10-12-18/h1-12,14,21,28H,15-16H2,(H,29,30)/t21-/m1/s1. The second-order valence-electron chi connectivity index (χ2n) is 7.09. The number of para-hydroxylation sites is 1. The Bertz CT molecular complexity index is 1240. The Morgan fingerprint density at radius 1 is 1.03 bits per heavy atom. The number of nitrogens with zero attached hydrogens (tertiary/aromatic N) is 1. The fraction of sp³-hybridized carbons (Fsp3) is 0.120. The molecule has 0 aliphatic rings. The number of carbonyl (C=O) groups excluding carboxylic acids is 1. The summed E-state index contributed by atoms with van der Waals surface area (Å²) in [5, 5.41) is 13.6. The normalized spacial score (nSPS) is 11.6. The molecule has 6 heteroatoms. The van der Waals surface area contributed by atoms with E-state index in [4.69, 9.17) is 21.6 Å². The van der Waals surface area contributed by atoms with Crippen molar-refractivity contribution >= 4 is 28.4 Å². The van der Waals surface area contributed by atoms with Gasteiger partial charge in [-0.15, -0.1) is 0 Å². The highest BCUT2D eigenvalue weighted by molar-refractivity contribution is 6.31. The van der Waals surface area contributed by atoms with E-state index in [-0.39, 0.29) is 18.4 Å². The zero-order valence-electron chi connectivity index (χ0n) is 16.6. The van der Waals surface area contributed by atoms with Gasteiger partial charge in [0.1, 0.15) is 5.75 Å². The number of amides is 1. The van der Waals surface area contributed by atoms with Gasteiger partial charge in [-0.05, 0) is 47.5 Å². The predicted octanol–water partition coefficient (Wildman–Crippen LogP) is 5.02. The largest absolute Gasteiger partial charge is 0.484 e. The molecule has 154 valence electrons. The quantitative estimate of drug-likeness (QED) is 0.433. The maximum atomic E-state index is 12.5. The van der Waals surface area contributed by atoms with Crippen molar-refractivity contribution in [2.45, 2.75) is 5.92 Å². The lowest BCUT2D eigenvalue weighted by atomic mass is 9.91. The first kappa shape index (κ1) is 20.5. The van der Waals surface area contributed by atoms with Crippen molar-refractivity contribution in [1.82, 2.24) is 10.3 Å². The Kier molecular flexibility index (Phi) is 6.21. The molecule has 0 radical (unpaired) electrons. The third-order valence-corrected chi connectivity index (χ3v) is 5.48. The average molecular weight is 430 g/mol. The molecular weight excluding hydrogens is 410 g/mol. The van der Waals surface area contributed by atoms with E-state index in [1.807, 2.05) is 54.7 Å². The first-order valence-electron chi connectivity index (χ1n) is 9.86. The van der Waals surface area contributed by atoms with Gasteiger partial charge in [0.05, 0.1) is 11.6 Å². The van der Waals surface area contributed by atoms with Crippen molar-refractivity contribution in [2.24, 2.45) is 0 Å². The van der Waals surface area contributed by atoms with E-state index in [2.05, 4.69) is 16.4 Å². The molecule has 0 unspecified atom stereocenters. The fourth-order valence-corrected chi connectivity index (χ4v) is 3.84. The number of hydrogen-bond acceptors (Lipinski definition) is 3. The number of aromatic nitrogens is 1. The van der Waals surface area contributed by atoms with Crippen LogP contribution in [0.4, 0.5) is 0 Å². The van der Waals surface area contributed by atoms with E-state index in [1.165, 1.54) is 0 Å². The molecule has 0 bridgehead atoms. The van der Waals surface area contributed by atoms with Crippen LogP contribution < -0.4 is 10.1 Å². The number of carbonyl (C=O) groups is 1. The van der Waals surface area contributed by atoms with Gasteiger partial charge in [-0.25, -0.2) is 0 Å². The van der Waals surface area contributed by atoms with Crippen molar-refractivity contribution in [3.8, 4) is 11.8 Å². The van der Waals surface area contributed by atoms with Crippen molar-refractivity contribution in [3.63, 3.8) is 0 Å². The van der Waals surface area contributed by atoms with Gasteiger partial charge in [0.25, 0.3) is 5.91 Å². The van der Waals surface area contributed by atoms with Crippen LogP contribution in [-0.4, -0.2) is 24.0 Å². The molecule has 0 saturated carbocycles. The number of benzene rings is 3. The molecule has 0 spiro atoms. The van der Waals surface area contributed by atoms with Crippen molar-refractivity contribution in [2.75, 3.05) is 13.2 Å². The van der Waals surface area contributed by atoms with Gasteiger partial charge >= 0.3 is 0 Å². The number of nitrogens with one attached hydrogen (secondary N) is 2. The van der Waals surface area contributed by atoms with Gasteiger partial charge in [0, 0.05) is 34.6 Å². The Balaban J connectivity index is 1.49. The lowest BCUT2D eigenvalue weighted by Gasteiger charge is -2.19. The first-order chi connectivity index (χ1) is 15.2. The van der Waals surface area contributed by atoms with Crippen LogP contribution in [0.25, 0.3) is 10.9 Å².